The molecular formula is C15H22N4O. The summed E-state index contributed by atoms with van der Waals surface area (Å²) in [6.07, 6.45) is 3.69. The van der Waals surface area contributed by atoms with Crippen LogP contribution in [0.4, 0.5) is 11.4 Å². The summed E-state index contributed by atoms with van der Waals surface area (Å²) in [5, 5.41) is 6.20. The molecule has 0 aliphatic carbocycles. The van der Waals surface area contributed by atoms with Crippen LogP contribution in [0.1, 0.15) is 29.6 Å². The van der Waals surface area contributed by atoms with Gasteiger partial charge in [0.1, 0.15) is 0 Å². The molecule has 1 aromatic rings. The second-order valence-corrected chi connectivity index (χ2v) is 5.67. The Labute approximate surface area is 119 Å². The van der Waals surface area contributed by atoms with Crippen molar-refractivity contribution in [1.82, 2.24) is 10.2 Å². The Morgan fingerprint density at radius 1 is 1.35 bits per heavy atom. The third-order valence-corrected chi connectivity index (χ3v) is 4.49. The monoisotopic (exact) mass is 274 g/mol. The smallest absolute Gasteiger partial charge is 0.251 e. The normalized spacial score (nSPS) is 25.4. The van der Waals surface area contributed by atoms with Crippen LogP contribution in [-0.4, -0.2) is 43.0 Å². The highest BCUT2D eigenvalue weighted by molar-refractivity contribution is 5.96. The average Bonchev–Trinajstić information content (AvgIpc) is 3.05. The van der Waals surface area contributed by atoms with Crippen molar-refractivity contribution in [3.63, 3.8) is 0 Å². The lowest BCUT2D eigenvalue weighted by Gasteiger charge is -2.23. The lowest BCUT2D eigenvalue weighted by Crippen LogP contribution is -2.34. The average molecular weight is 274 g/mol. The maximum absolute atomic E-state index is 11.7. The Bertz CT molecular complexity index is 517. The number of hydrogen-bond acceptors (Lipinski definition) is 4. The number of hydrogen-bond donors (Lipinski definition) is 3. The van der Waals surface area contributed by atoms with Crippen LogP contribution >= 0.6 is 0 Å². The molecule has 1 aromatic carbocycles. The van der Waals surface area contributed by atoms with Gasteiger partial charge < -0.3 is 16.4 Å². The number of carbonyl (C=O) groups is 1. The number of nitrogens with one attached hydrogen (secondary N) is 2. The van der Waals surface area contributed by atoms with E-state index in [1.807, 2.05) is 6.07 Å². The van der Waals surface area contributed by atoms with Crippen molar-refractivity contribution in [1.29, 1.82) is 0 Å². The third kappa shape index (κ3) is 2.33. The zero-order valence-electron chi connectivity index (χ0n) is 11.9. The van der Waals surface area contributed by atoms with Crippen LogP contribution in [0.2, 0.25) is 0 Å². The SMILES string of the molecule is CNC(=O)c1ccc(N)c(NC2CCN3CCCC23)c1. The summed E-state index contributed by atoms with van der Waals surface area (Å²) in [7, 11) is 1.64. The Hall–Kier alpha value is -1.75. The molecule has 2 atom stereocenters. The molecular weight excluding hydrogens is 252 g/mol. The van der Waals surface area contributed by atoms with Crippen molar-refractivity contribution < 1.29 is 4.79 Å². The molecule has 108 valence electrons. The third-order valence-electron chi connectivity index (χ3n) is 4.49. The van der Waals surface area contributed by atoms with E-state index in [1.54, 1.807) is 19.2 Å². The number of amides is 1. The van der Waals surface area contributed by atoms with E-state index in [1.165, 1.54) is 19.4 Å². The first-order valence-electron chi connectivity index (χ1n) is 7.31. The molecule has 2 aliphatic rings. The number of benzene rings is 1. The molecule has 20 heavy (non-hydrogen) atoms. The number of nitrogens with zero attached hydrogens (tertiary/aromatic N) is 1. The van der Waals surface area contributed by atoms with Gasteiger partial charge in [0.15, 0.2) is 0 Å². The number of nitrogens with two attached hydrogens (primary N) is 1. The lowest BCUT2D eigenvalue weighted by molar-refractivity contribution is 0.0963. The van der Waals surface area contributed by atoms with Gasteiger partial charge in [-0.25, -0.2) is 0 Å². The highest BCUT2D eigenvalue weighted by atomic mass is 16.1. The number of fused-ring (bicyclic) bond motifs is 1. The van der Waals surface area contributed by atoms with Gasteiger partial charge in [-0.1, -0.05) is 0 Å². The second-order valence-electron chi connectivity index (χ2n) is 5.67. The van der Waals surface area contributed by atoms with Crippen LogP contribution in [0.5, 0.6) is 0 Å². The van der Waals surface area contributed by atoms with Crippen LogP contribution < -0.4 is 16.4 Å². The molecule has 4 N–H and O–H groups in total. The first-order chi connectivity index (χ1) is 9.69. The zero-order valence-corrected chi connectivity index (χ0v) is 11.9. The largest absolute Gasteiger partial charge is 0.397 e. The highest BCUT2D eigenvalue weighted by Gasteiger charge is 2.37. The molecule has 0 bridgehead atoms. The van der Waals surface area contributed by atoms with Gasteiger partial charge in [-0.05, 0) is 44.0 Å². The molecule has 2 saturated heterocycles. The topological polar surface area (TPSA) is 70.4 Å². The predicted molar refractivity (Wildman–Crippen MR) is 80.9 cm³/mol. The molecule has 2 unspecified atom stereocenters. The van der Waals surface area contributed by atoms with Gasteiger partial charge >= 0.3 is 0 Å². The summed E-state index contributed by atoms with van der Waals surface area (Å²) >= 11 is 0. The van der Waals surface area contributed by atoms with Crippen molar-refractivity contribution in [3.8, 4) is 0 Å². The van der Waals surface area contributed by atoms with E-state index in [-0.39, 0.29) is 5.91 Å². The fourth-order valence-electron chi connectivity index (χ4n) is 3.42. The van der Waals surface area contributed by atoms with Crippen molar-refractivity contribution in [2.45, 2.75) is 31.3 Å². The van der Waals surface area contributed by atoms with Gasteiger partial charge in [0.05, 0.1) is 11.4 Å². The Kier molecular flexibility index (Phi) is 3.53. The van der Waals surface area contributed by atoms with Crippen LogP contribution in [-0.2, 0) is 0 Å². The van der Waals surface area contributed by atoms with Gasteiger partial charge in [-0.15, -0.1) is 0 Å². The van der Waals surface area contributed by atoms with Crippen LogP contribution in [0.15, 0.2) is 18.2 Å². The molecule has 0 saturated carbocycles. The van der Waals surface area contributed by atoms with Crippen LogP contribution in [0.25, 0.3) is 0 Å². The number of rotatable bonds is 3. The predicted octanol–water partition coefficient (Wildman–Crippen LogP) is 1.28. The van der Waals surface area contributed by atoms with Gasteiger partial charge in [-0.2, -0.15) is 0 Å². The van der Waals surface area contributed by atoms with E-state index in [2.05, 4.69) is 15.5 Å². The Morgan fingerprint density at radius 2 is 2.20 bits per heavy atom. The van der Waals surface area contributed by atoms with Crippen molar-refractivity contribution in [3.05, 3.63) is 23.8 Å². The fourth-order valence-corrected chi connectivity index (χ4v) is 3.42. The minimum atomic E-state index is -0.0815. The molecule has 2 heterocycles. The van der Waals surface area contributed by atoms with E-state index in [0.717, 1.165) is 18.7 Å². The van der Waals surface area contributed by atoms with Gasteiger partial charge in [0.25, 0.3) is 5.91 Å². The minimum absolute atomic E-state index is 0.0815. The summed E-state index contributed by atoms with van der Waals surface area (Å²) in [5.41, 5.74) is 8.26. The van der Waals surface area contributed by atoms with E-state index in [9.17, 15) is 4.79 Å². The van der Waals surface area contributed by atoms with E-state index < -0.39 is 0 Å². The van der Waals surface area contributed by atoms with Crippen LogP contribution in [0, 0.1) is 0 Å². The van der Waals surface area contributed by atoms with Crippen molar-refractivity contribution >= 4 is 17.3 Å². The molecule has 2 aliphatic heterocycles. The second kappa shape index (κ2) is 5.32. The lowest BCUT2D eigenvalue weighted by atomic mass is 10.1. The maximum atomic E-state index is 11.7. The van der Waals surface area contributed by atoms with E-state index in [0.29, 0.717) is 23.3 Å². The minimum Gasteiger partial charge on any atom is -0.397 e. The molecule has 0 radical (unpaired) electrons. The van der Waals surface area contributed by atoms with Crippen molar-refractivity contribution in [2.75, 3.05) is 31.2 Å². The molecule has 1 amide bonds. The highest BCUT2D eigenvalue weighted by Crippen LogP contribution is 2.31. The Balaban J connectivity index is 1.78. The summed E-state index contributed by atoms with van der Waals surface area (Å²) in [5.74, 6) is -0.0815. The molecule has 0 aromatic heterocycles. The zero-order chi connectivity index (χ0) is 14.1. The van der Waals surface area contributed by atoms with Crippen molar-refractivity contribution in [2.24, 2.45) is 0 Å². The molecule has 3 rings (SSSR count). The molecule has 2 fully saturated rings. The van der Waals surface area contributed by atoms with E-state index in [4.69, 9.17) is 5.73 Å². The number of carbonyl (C=O) groups excluding carboxylic acids is 1. The maximum Gasteiger partial charge on any atom is 0.251 e. The number of anilines is 2. The van der Waals surface area contributed by atoms with Gasteiger partial charge in [0, 0.05) is 31.2 Å². The quantitative estimate of drug-likeness (QED) is 0.726. The standard InChI is InChI=1S/C15H22N4O/c1-17-15(20)10-4-5-11(16)13(9-10)18-12-6-8-19-7-2-3-14(12)19/h4-5,9,12,14,18H,2-3,6-8,16H2,1H3,(H,17,20). The molecule has 0 spiro atoms. The molecule has 5 heteroatoms. The summed E-state index contributed by atoms with van der Waals surface area (Å²) in [6, 6.07) is 6.48. The first-order valence-corrected chi connectivity index (χ1v) is 7.31. The van der Waals surface area contributed by atoms with Gasteiger partial charge in [-0.3, -0.25) is 9.69 Å². The summed E-state index contributed by atoms with van der Waals surface area (Å²) in [6.45, 7) is 2.38. The van der Waals surface area contributed by atoms with Crippen LogP contribution in [0.3, 0.4) is 0 Å². The van der Waals surface area contributed by atoms with Gasteiger partial charge in [0.2, 0.25) is 0 Å². The Morgan fingerprint density at radius 3 is 3.00 bits per heavy atom. The summed E-state index contributed by atoms with van der Waals surface area (Å²) in [4.78, 5) is 14.3. The van der Waals surface area contributed by atoms with E-state index >= 15 is 0 Å². The number of nitrogen functional groups attached to an aromatic ring is 1. The summed E-state index contributed by atoms with van der Waals surface area (Å²) < 4.78 is 0. The fraction of sp³-hybridized carbons (Fsp3) is 0.533. The molecule has 5 nitrogen and oxygen atoms in total. The first kappa shape index (κ1) is 13.2.